The molecule has 4 heterocycles. The number of rotatable bonds is 5. The minimum absolute atomic E-state index is 0.0394. The summed E-state index contributed by atoms with van der Waals surface area (Å²) in [4.78, 5) is 48.1. The molecule has 11 heteroatoms. The number of nitrogens with one attached hydrogen (secondary N) is 1. The van der Waals surface area contributed by atoms with Crippen molar-refractivity contribution < 1.29 is 9.59 Å². The summed E-state index contributed by atoms with van der Waals surface area (Å²) in [5, 5.41) is 2.74. The van der Waals surface area contributed by atoms with Crippen LogP contribution >= 0.6 is 0 Å². The van der Waals surface area contributed by atoms with Gasteiger partial charge in [-0.2, -0.15) is 4.98 Å². The number of carbonyl (C=O) groups excluding carboxylic acids is 2. The second-order valence-electron chi connectivity index (χ2n) is 11.1. The third-order valence-corrected chi connectivity index (χ3v) is 7.61. The number of anilines is 1. The molecule has 3 amide bonds. The van der Waals surface area contributed by atoms with Crippen molar-refractivity contribution in [2.24, 2.45) is 11.5 Å². The van der Waals surface area contributed by atoms with Crippen LogP contribution in [-0.2, 0) is 11.3 Å². The predicted octanol–water partition coefficient (Wildman–Crippen LogP) is 0.710. The van der Waals surface area contributed by atoms with Crippen LogP contribution in [0.1, 0.15) is 38.7 Å². The topological polar surface area (TPSA) is 143 Å². The first-order valence-corrected chi connectivity index (χ1v) is 12.9. The van der Waals surface area contributed by atoms with E-state index < -0.39 is 11.2 Å². The van der Waals surface area contributed by atoms with Gasteiger partial charge in [0, 0.05) is 31.9 Å². The summed E-state index contributed by atoms with van der Waals surface area (Å²) in [5.41, 5.74) is 12.5. The van der Waals surface area contributed by atoms with E-state index in [1.807, 2.05) is 24.3 Å². The molecule has 0 radical (unpaired) electrons. The highest BCUT2D eigenvalue weighted by atomic mass is 16.2. The zero-order chi connectivity index (χ0) is 26.3. The summed E-state index contributed by atoms with van der Waals surface area (Å²) in [7, 11) is 0. The molecule has 2 aromatic rings. The van der Waals surface area contributed by atoms with Crippen molar-refractivity contribution in [1.29, 1.82) is 0 Å². The number of piperidine rings is 1. The van der Waals surface area contributed by atoms with Crippen LogP contribution in [0.4, 0.5) is 10.6 Å². The second kappa shape index (κ2) is 9.88. The Bertz CT molecular complexity index is 1210. The van der Waals surface area contributed by atoms with Gasteiger partial charge in [-0.1, -0.05) is 12.1 Å². The normalized spacial score (nSPS) is 22.5. The van der Waals surface area contributed by atoms with Crippen LogP contribution in [0.15, 0.2) is 41.3 Å². The largest absolute Gasteiger partial charge is 0.354 e. The number of urea groups is 1. The number of piperazine rings is 1. The lowest BCUT2D eigenvalue weighted by atomic mass is 10.0. The summed E-state index contributed by atoms with van der Waals surface area (Å²) in [6, 6.07) is 9.35. The zero-order valence-corrected chi connectivity index (χ0v) is 21.5. The lowest BCUT2D eigenvalue weighted by Crippen LogP contribution is -2.58. The van der Waals surface area contributed by atoms with Crippen molar-refractivity contribution in [3.63, 3.8) is 0 Å². The number of fused-ring (bicyclic) bond motifs is 2. The fourth-order valence-electron chi connectivity index (χ4n) is 5.52. The maximum atomic E-state index is 12.9. The van der Waals surface area contributed by atoms with Gasteiger partial charge in [-0.25, -0.2) is 9.59 Å². The van der Waals surface area contributed by atoms with Gasteiger partial charge in [0.25, 0.3) is 0 Å². The van der Waals surface area contributed by atoms with Crippen LogP contribution in [-0.4, -0.2) is 86.0 Å². The van der Waals surface area contributed by atoms with Crippen LogP contribution in [0, 0.1) is 0 Å². The Morgan fingerprint density at radius 1 is 1.05 bits per heavy atom. The first-order chi connectivity index (χ1) is 17.6. The molecule has 3 fully saturated rings. The van der Waals surface area contributed by atoms with Gasteiger partial charge < -0.3 is 21.3 Å². The van der Waals surface area contributed by atoms with Gasteiger partial charge in [-0.15, -0.1) is 0 Å². The van der Waals surface area contributed by atoms with Crippen molar-refractivity contribution in [2.45, 2.75) is 63.3 Å². The first-order valence-electron chi connectivity index (χ1n) is 12.9. The third-order valence-electron chi connectivity index (χ3n) is 7.61. The van der Waals surface area contributed by atoms with Gasteiger partial charge in [-0.3, -0.25) is 19.6 Å². The fraction of sp³-hybridized carbons (Fsp3) is 0.538. The summed E-state index contributed by atoms with van der Waals surface area (Å²) in [6.45, 7) is 7.15. The summed E-state index contributed by atoms with van der Waals surface area (Å²) in [6.07, 6.45) is 4.38. The average molecular weight is 509 g/mol. The van der Waals surface area contributed by atoms with Gasteiger partial charge in [0.1, 0.15) is 5.82 Å². The maximum Gasteiger partial charge on any atom is 0.354 e. The van der Waals surface area contributed by atoms with E-state index >= 15 is 0 Å². The molecular weight excluding hydrogens is 472 g/mol. The van der Waals surface area contributed by atoms with E-state index in [1.54, 1.807) is 35.9 Å². The fourth-order valence-corrected chi connectivity index (χ4v) is 5.52. The van der Waals surface area contributed by atoms with Crippen molar-refractivity contribution in [3.8, 4) is 5.69 Å². The van der Waals surface area contributed by atoms with E-state index in [4.69, 9.17) is 11.5 Å². The molecule has 0 spiro atoms. The molecule has 37 heavy (non-hydrogen) atoms. The van der Waals surface area contributed by atoms with E-state index in [9.17, 15) is 14.4 Å². The molecule has 1 aromatic carbocycles. The number of hydrogen-bond acceptors (Lipinski definition) is 7. The Morgan fingerprint density at radius 2 is 1.70 bits per heavy atom. The van der Waals surface area contributed by atoms with E-state index in [1.165, 1.54) is 10.1 Å². The molecule has 3 saturated heterocycles. The Morgan fingerprint density at radius 3 is 2.30 bits per heavy atom. The highest BCUT2D eigenvalue weighted by Gasteiger charge is 2.49. The van der Waals surface area contributed by atoms with Gasteiger partial charge >= 0.3 is 11.7 Å². The molecule has 2 bridgehead atoms. The molecule has 5 N–H and O–H groups in total. The smallest absolute Gasteiger partial charge is 0.334 e. The molecule has 11 nitrogen and oxygen atoms in total. The van der Waals surface area contributed by atoms with Gasteiger partial charge in [0.15, 0.2) is 0 Å². The lowest BCUT2D eigenvalue weighted by molar-refractivity contribution is -0.137. The van der Waals surface area contributed by atoms with Crippen LogP contribution < -0.4 is 22.5 Å². The molecule has 0 aliphatic carbocycles. The third kappa shape index (κ3) is 5.39. The van der Waals surface area contributed by atoms with Crippen LogP contribution in [0.5, 0.6) is 0 Å². The molecule has 5 rings (SSSR count). The van der Waals surface area contributed by atoms with Gasteiger partial charge in [0.2, 0.25) is 5.91 Å². The predicted molar refractivity (Wildman–Crippen MR) is 140 cm³/mol. The average Bonchev–Trinajstić information content (AvgIpc) is 3.47. The SMILES string of the molecule is CC(C)(N)C(=O)N1C[C@H]2C[C@@H]1CN2C(=O)Nc1ccn(-c2ccc(CN3CCC(N)CC3)cc2)c(=O)n1. The van der Waals surface area contributed by atoms with Crippen LogP contribution in [0.2, 0.25) is 0 Å². The number of nitrogens with two attached hydrogens (primary N) is 2. The number of likely N-dealkylation sites (tertiary alicyclic amines) is 3. The van der Waals surface area contributed by atoms with E-state index in [0.717, 1.165) is 38.9 Å². The number of aromatic nitrogens is 2. The molecule has 198 valence electrons. The highest BCUT2D eigenvalue weighted by molar-refractivity contribution is 5.90. The van der Waals surface area contributed by atoms with E-state index in [-0.39, 0.29) is 29.8 Å². The molecule has 3 aliphatic heterocycles. The Labute approximate surface area is 216 Å². The minimum atomic E-state index is -0.937. The maximum absolute atomic E-state index is 12.9. The second-order valence-corrected chi connectivity index (χ2v) is 11.1. The van der Waals surface area contributed by atoms with E-state index in [0.29, 0.717) is 24.8 Å². The standard InChI is InChI=1S/C26H36N8O3/c1-26(2,28)23(35)33-15-21-13-20(33)16-34(21)25(37)30-22-9-12-32(24(36)29-22)19-5-3-17(4-6-19)14-31-10-7-18(27)8-11-31/h3-6,9,12,18,20-21H,7-8,10-11,13-16,27-28H2,1-2H3,(H,29,30,36,37)/t20-,21-/m1/s1. The molecule has 2 atom stereocenters. The highest BCUT2D eigenvalue weighted by Crippen LogP contribution is 2.32. The Hall–Kier alpha value is -3.28. The first kappa shape index (κ1) is 25.4. The number of nitrogens with zero attached hydrogens (tertiary/aromatic N) is 5. The summed E-state index contributed by atoms with van der Waals surface area (Å²) >= 11 is 0. The number of benzene rings is 1. The van der Waals surface area contributed by atoms with Crippen molar-refractivity contribution in [3.05, 3.63) is 52.6 Å². The number of hydrogen-bond donors (Lipinski definition) is 3. The lowest BCUT2D eigenvalue weighted by Gasteiger charge is -2.37. The number of amides is 3. The van der Waals surface area contributed by atoms with Crippen molar-refractivity contribution in [2.75, 3.05) is 31.5 Å². The van der Waals surface area contributed by atoms with Crippen molar-refractivity contribution in [1.82, 2.24) is 24.3 Å². The molecule has 3 aliphatic rings. The van der Waals surface area contributed by atoms with Crippen LogP contribution in [0.25, 0.3) is 5.69 Å². The van der Waals surface area contributed by atoms with Gasteiger partial charge in [-0.05, 0) is 70.0 Å². The quantitative estimate of drug-likeness (QED) is 0.540. The van der Waals surface area contributed by atoms with Gasteiger partial charge in [0.05, 0.1) is 23.3 Å². The Kier molecular flexibility index (Phi) is 6.78. The summed E-state index contributed by atoms with van der Waals surface area (Å²) in [5.74, 6) is 0.0968. The minimum Gasteiger partial charge on any atom is -0.334 e. The monoisotopic (exact) mass is 508 g/mol. The zero-order valence-electron chi connectivity index (χ0n) is 21.5. The molecule has 0 saturated carbocycles. The Balaban J connectivity index is 1.18. The van der Waals surface area contributed by atoms with E-state index in [2.05, 4.69) is 15.2 Å². The summed E-state index contributed by atoms with van der Waals surface area (Å²) < 4.78 is 1.45. The number of carbonyl (C=O) groups is 2. The molecule has 1 aromatic heterocycles. The molecular formula is C26H36N8O3. The van der Waals surface area contributed by atoms with Crippen molar-refractivity contribution >= 4 is 17.8 Å². The van der Waals surface area contributed by atoms with Crippen LogP contribution in [0.3, 0.4) is 0 Å². The molecule has 0 unspecified atom stereocenters.